The Bertz CT molecular complexity index is 569. The van der Waals surface area contributed by atoms with E-state index in [4.69, 9.17) is 0 Å². The highest BCUT2D eigenvalue weighted by molar-refractivity contribution is 5.96. The number of amides is 1. The van der Waals surface area contributed by atoms with Crippen LogP contribution in [0.25, 0.3) is 0 Å². The average Bonchev–Trinajstić information content (AvgIpc) is 2.48. The number of phenolic OH excluding ortho intramolecular Hbond substituents is 1. The van der Waals surface area contributed by atoms with E-state index in [1.54, 1.807) is 18.2 Å². The number of aliphatic hydroxyl groups is 1. The van der Waals surface area contributed by atoms with Gasteiger partial charge in [0.25, 0.3) is 5.91 Å². The first kappa shape index (κ1) is 14.1. The molecular formula is C16H17NO3. The van der Waals surface area contributed by atoms with Gasteiger partial charge in [-0.3, -0.25) is 4.79 Å². The molecular weight excluding hydrogens is 254 g/mol. The molecule has 0 bridgehead atoms. The minimum atomic E-state index is -0.610. The molecule has 20 heavy (non-hydrogen) atoms. The van der Waals surface area contributed by atoms with Gasteiger partial charge in [-0.1, -0.05) is 42.5 Å². The first-order valence-corrected chi connectivity index (χ1v) is 6.47. The summed E-state index contributed by atoms with van der Waals surface area (Å²) in [6.45, 7) is 0.337. The summed E-state index contributed by atoms with van der Waals surface area (Å²) in [4.78, 5) is 11.8. The molecule has 4 heteroatoms. The topological polar surface area (TPSA) is 69.6 Å². The average molecular weight is 271 g/mol. The number of benzene rings is 2. The summed E-state index contributed by atoms with van der Waals surface area (Å²) >= 11 is 0. The minimum absolute atomic E-state index is 0.0476. The van der Waals surface area contributed by atoms with Crippen LogP contribution in [-0.2, 0) is 0 Å². The number of nitrogens with one attached hydrogen (secondary N) is 1. The number of phenols is 1. The van der Waals surface area contributed by atoms with Crippen molar-refractivity contribution in [2.45, 2.75) is 12.5 Å². The Balaban J connectivity index is 1.84. The fourth-order valence-electron chi connectivity index (χ4n) is 1.93. The van der Waals surface area contributed by atoms with E-state index in [1.165, 1.54) is 6.07 Å². The molecule has 0 fully saturated rings. The normalized spacial score (nSPS) is 11.8. The van der Waals surface area contributed by atoms with Gasteiger partial charge < -0.3 is 15.5 Å². The lowest BCUT2D eigenvalue weighted by Crippen LogP contribution is -2.25. The number of carbonyl (C=O) groups is 1. The summed E-state index contributed by atoms with van der Waals surface area (Å²) in [6, 6.07) is 15.7. The Morgan fingerprint density at radius 3 is 2.40 bits per heavy atom. The van der Waals surface area contributed by atoms with E-state index in [0.717, 1.165) is 5.56 Å². The van der Waals surface area contributed by atoms with Gasteiger partial charge >= 0.3 is 0 Å². The molecule has 0 aromatic heterocycles. The number of aromatic hydroxyl groups is 1. The first-order valence-electron chi connectivity index (χ1n) is 6.47. The van der Waals surface area contributed by atoms with Crippen molar-refractivity contribution < 1.29 is 15.0 Å². The monoisotopic (exact) mass is 271 g/mol. The summed E-state index contributed by atoms with van der Waals surface area (Å²) in [5, 5.41) is 22.2. The quantitative estimate of drug-likeness (QED) is 0.781. The van der Waals surface area contributed by atoms with E-state index >= 15 is 0 Å². The number of hydrogen-bond acceptors (Lipinski definition) is 3. The van der Waals surface area contributed by atoms with Gasteiger partial charge in [-0.05, 0) is 24.1 Å². The highest BCUT2D eigenvalue weighted by atomic mass is 16.3. The molecule has 4 nitrogen and oxygen atoms in total. The fourth-order valence-corrected chi connectivity index (χ4v) is 1.93. The summed E-state index contributed by atoms with van der Waals surface area (Å²) in [7, 11) is 0. The summed E-state index contributed by atoms with van der Waals surface area (Å²) in [5.41, 5.74) is 1.06. The lowest BCUT2D eigenvalue weighted by Gasteiger charge is -2.12. The van der Waals surface area contributed by atoms with Crippen LogP contribution >= 0.6 is 0 Å². The SMILES string of the molecule is O=C(NCCC(O)c1ccccc1)c1ccccc1O. The van der Waals surface area contributed by atoms with Crippen LogP contribution in [0.15, 0.2) is 54.6 Å². The smallest absolute Gasteiger partial charge is 0.255 e. The van der Waals surface area contributed by atoms with Crippen molar-refractivity contribution in [1.82, 2.24) is 5.32 Å². The van der Waals surface area contributed by atoms with Gasteiger partial charge in [0, 0.05) is 6.54 Å². The van der Waals surface area contributed by atoms with Gasteiger partial charge in [0.2, 0.25) is 0 Å². The van der Waals surface area contributed by atoms with Gasteiger partial charge in [-0.15, -0.1) is 0 Å². The summed E-state index contributed by atoms with van der Waals surface area (Å²) in [5.74, 6) is -0.392. The van der Waals surface area contributed by atoms with E-state index in [0.29, 0.717) is 13.0 Å². The molecule has 2 aromatic carbocycles. The van der Waals surface area contributed by atoms with Crippen LogP contribution in [0, 0.1) is 0 Å². The molecule has 2 rings (SSSR count). The third-order valence-corrected chi connectivity index (χ3v) is 3.04. The highest BCUT2D eigenvalue weighted by Gasteiger charge is 2.11. The number of hydrogen-bond donors (Lipinski definition) is 3. The van der Waals surface area contributed by atoms with E-state index in [-0.39, 0.29) is 17.2 Å². The minimum Gasteiger partial charge on any atom is -0.507 e. The Hall–Kier alpha value is -2.33. The Morgan fingerprint density at radius 1 is 1.05 bits per heavy atom. The standard InChI is InChI=1S/C16H17NO3/c18-14(12-6-2-1-3-7-12)10-11-17-16(20)13-8-4-5-9-15(13)19/h1-9,14,18-19H,10-11H2,(H,17,20). The van der Waals surface area contributed by atoms with E-state index in [9.17, 15) is 15.0 Å². The second-order valence-corrected chi connectivity index (χ2v) is 4.49. The van der Waals surface area contributed by atoms with Crippen LogP contribution in [0.5, 0.6) is 5.75 Å². The predicted octanol–water partition coefficient (Wildman–Crippen LogP) is 2.25. The first-order chi connectivity index (χ1) is 9.68. The molecule has 0 aliphatic carbocycles. The number of para-hydroxylation sites is 1. The van der Waals surface area contributed by atoms with Crippen LogP contribution in [0.4, 0.5) is 0 Å². The second-order valence-electron chi connectivity index (χ2n) is 4.49. The van der Waals surface area contributed by atoms with Crippen LogP contribution in [0.3, 0.4) is 0 Å². The molecule has 2 aromatic rings. The molecule has 0 radical (unpaired) electrons. The van der Waals surface area contributed by atoms with Crippen LogP contribution < -0.4 is 5.32 Å². The maximum Gasteiger partial charge on any atom is 0.255 e. The molecule has 1 unspecified atom stereocenters. The molecule has 0 saturated heterocycles. The lowest BCUT2D eigenvalue weighted by molar-refractivity contribution is 0.0940. The largest absolute Gasteiger partial charge is 0.507 e. The third kappa shape index (κ3) is 3.59. The van der Waals surface area contributed by atoms with E-state index in [2.05, 4.69) is 5.32 Å². The molecule has 0 saturated carbocycles. The van der Waals surface area contributed by atoms with Gasteiger partial charge in [0.05, 0.1) is 11.7 Å². The third-order valence-electron chi connectivity index (χ3n) is 3.04. The number of carbonyl (C=O) groups excluding carboxylic acids is 1. The molecule has 0 aliphatic rings. The molecule has 1 atom stereocenters. The van der Waals surface area contributed by atoms with Crippen LogP contribution in [-0.4, -0.2) is 22.7 Å². The van der Waals surface area contributed by atoms with Gasteiger partial charge in [-0.2, -0.15) is 0 Å². The molecule has 0 heterocycles. The molecule has 0 spiro atoms. The predicted molar refractivity (Wildman–Crippen MR) is 76.5 cm³/mol. The Kier molecular flexibility index (Phi) is 4.74. The van der Waals surface area contributed by atoms with E-state index < -0.39 is 6.10 Å². The maximum absolute atomic E-state index is 11.8. The lowest BCUT2D eigenvalue weighted by atomic mass is 10.1. The Morgan fingerprint density at radius 2 is 1.70 bits per heavy atom. The zero-order valence-corrected chi connectivity index (χ0v) is 11.0. The second kappa shape index (κ2) is 6.73. The highest BCUT2D eigenvalue weighted by Crippen LogP contribution is 2.17. The Labute approximate surface area is 117 Å². The fraction of sp³-hybridized carbons (Fsp3) is 0.188. The molecule has 0 aliphatic heterocycles. The van der Waals surface area contributed by atoms with Crippen molar-refractivity contribution >= 4 is 5.91 Å². The summed E-state index contributed by atoms with van der Waals surface area (Å²) in [6.07, 6.45) is -0.190. The van der Waals surface area contributed by atoms with Crippen molar-refractivity contribution in [3.8, 4) is 5.75 Å². The van der Waals surface area contributed by atoms with Crippen LogP contribution in [0.1, 0.15) is 28.4 Å². The van der Waals surface area contributed by atoms with Gasteiger partial charge in [-0.25, -0.2) is 0 Å². The number of rotatable bonds is 5. The zero-order valence-electron chi connectivity index (χ0n) is 11.0. The van der Waals surface area contributed by atoms with Crippen molar-refractivity contribution in [2.75, 3.05) is 6.54 Å². The van der Waals surface area contributed by atoms with Gasteiger partial charge in [0.1, 0.15) is 5.75 Å². The maximum atomic E-state index is 11.8. The van der Waals surface area contributed by atoms with Gasteiger partial charge in [0.15, 0.2) is 0 Å². The molecule has 3 N–H and O–H groups in total. The van der Waals surface area contributed by atoms with Crippen molar-refractivity contribution in [3.63, 3.8) is 0 Å². The number of aliphatic hydroxyl groups excluding tert-OH is 1. The zero-order chi connectivity index (χ0) is 14.4. The van der Waals surface area contributed by atoms with Crippen molar-refractivity contribution in [1.29, 1.82) is 0 Å². The summed E-state index contributed by atoms with van der Waals surface area (Å²) < 4.78 is 0. The van der Waals surface area contributed by atoms with Crippen molar-refractivity contribution in [2.24, 2.45) is 0 Å². The molecule has 104 valence electrons. The van der Waals surface area contributed by atoms with Crippen molar-refractivity contribution in [3.05, 3.63) is 65.7 Å². The molecule has 1 amide bonds. The van der Waals surface area contributed by atoms with E-state index in [1.807, 2.05) is 30.3 Å². The van der Waals surface area contributed by atoms with Crippen LogP contribution in [0.2, 0.25) is 0 Å².